The molecule has 0 heterocycles. The lowest BCUT2D eigenvalue weighted by Crippen LogP contribution is -2.36. The maximum absolute atomic E-state index is 11.4. The first kappa shape index (κ1) is 13.1. The van der Waals surface area contributed by atoms with Crippen LogP contribution in [0.4, 0.5) is 5.69 Å². The molecule has 0 amide bonds. The fraction of sp³-hybridized carbons (Fsp3) is 0.300. The number of carbonyl (C=O) groups excluding carboxylic acids is 1. The van der Waals surface area contributed by atoms with Gasteiger partial charge < -0.3 is 9.47 Å². The smallest absolute Gasteiger partial charge is 0.355 e. The molecule has 0 aliphatic carbocycles. The molecule has 0 bridgehead atoms. The van der Waals surface area contributed by atoms with Crippen molar-refractivity contribution in [3.63, 3.8) is 0 Å². The van der Waals surface area contributed by atoms with Gasteiger partial charge in [-0.2, -0.15) is 0 Å². The molecule has 2 N–H and O–H groups in total. The van der Waals surface area contributed by atoms with Crippen LogP contribution < -0.4 is 10.5 Å². The fourth-order valence-electron chi connectivity index (χ4n) is 1.11. The first-order valence-electron chi connectivity index (χ1n) is 4.88. The van der Waals surface area contributed by atoms with Gasteiger partial charge in [0.1, 0.15) is 0 Å². The number of carbonyl (C=O) groups is 1. The summed E-state index contributed by atoms with van der Waals surface area (Å²) in [6.07, 6.45) is -1.25. The molecule has 1 aromatic rings. The van der Waals surface area contributed by atoms with E-state index >= 15 is 0 Å². The van der Waals surface area contributed by atoms with Crippen LogP contribution in [-0.4, -0.2) is 23.7 Å². The summed E-state index contributed by atoms with van der Waals surface area (Å²) in [5.74, 6) is -1.03. The molecule has 0 saturated carbocycles. The lowest BCUT2D eigenvalue weighted by Gasteiger charge is -2.10. The molecule has 7 nitrogen and oxygen atoms in total. The van der Waals surface area contributed by atoms with Crippen LogP contribution >= 0.6 is 0 Å². The van der Waals surface area contributed by atoms with Gasteiger partial charge in [0.05, 0.1) is 4.92 Å². The summed E-state index contributed by atoms with van der Waals surface area (Å²) in [5.41, 5.74) is 5.03. The maximum atomic E-state index is 11.4. The summed E-state index contributed by atoms with van der Waals surface area (Å²) >= 11 is 0. The van der Waals surface area contributed by atoms with Crippen LogP contribution in [0.5, 0.6) is 5.75 Å². The second kappa shape index (κ2) is 5.92. The average Bonchev–Trinajstić information content (AvgIpc) is 2.29. The molecule has 17 heavy (non-hydrogen) atoms. The maximum Gasteiger partial charge on any atom is 0.355 e. The van der Waals surface area contributed by atoms with Gasteiger partial charge in [-0.25, -0.2) is 4.79 Å². The number of nitrogens with two attached hydrogens (primary N) is 1. The van der Waals surface area contributed by atoms with Gasteiger partial charge in [-0.3, -0.25) is 15.8 Å². The van der Waals surface area contributed by atoms with Crippen molar-refractivity contribution in [1.29, 1.82) is 0 Å². The molecule has 92 valence electrons. The van der Waals surface area contributed by atoms with Gasteiger partial charge >= 0.3 is 11.7 Å². The number of ether oxygens (including phenoxy) is 2. The van der Waals surface area contributed by atoms with E-state index in [0.29, 0.717) is 0 Å². The summed E-state index contributed by atoms with van der Waals surface area (Å²) in [6, 6.07) is 5.53. The first-order valence-corrected chi connectivity index (χ1v) is 4.88. The Balaban J connectivity index is 2.81. The molecule has 7 heteroatoms. The van der Waals surface area contributed by atoms with Crippen molar-refractivity contribution in [1.82, 2.24) is 0 Å². The Morgan fingerprint density at radius 1 is 1.53 bits per heavy atom. The Kier molecular flexibility index (Phi) is 4.56. The largest absolute Gasteiger partial charge is 0.416 e. The average molecular weight is 240 g/mol. The third-order valence-corrected chi connectivity index (χ3v) is 1.85. The zero-order valence-corrected chi connectivity index (χ0v) is 9.16. The van der Waals surface area contributed by atoms with E-state index in [1.807, 2.05) is 0 Å². The van der Waals surface area contributed by atoms with E-state index < -0.39 is 17.1 Å². The highest BCUT2D eigenvalue weighted by atomic mass is 16.6. The molecule has 0 fully saturated rings. The minimum atomic E-state index is -1.25. The summed E-state index contributed by atoms with van der Waals surface area (Å²) in [5, 5.41) is 10.7. The highest BCUT2D eigenvalue weighted by Crippen LogP contribution is 2.25. The number of nitro benzene ring substituents is 1. The number of para-hydroxylation sites is 2. The Morgan fingerprint density at radius 2 is 2.18 bits per heavy atom. The normalized spacial score (nSPS) is 11.9. The topological polar surface area (TPSA) is 105 Å². The zero-order valence-electron chi connectivity index (χ0n) is 9.16. The number of nitro groups is 1. The molecule has 1 rings (SSSR count). The van der Waals surface area contributed by atoms with Crippen LogP contribution in [-0.2, 0) is 9.53 Å². The predicted molar refractivity (Wildman–Crippen MR) is 58.3 cm³/mol. The van der Waals surface area contributed by atoms with E-state index in [2.05, 4.69) is 0 Å². The van der Waals surface area contributed by atoms with Crippen LogP contribution in [0.3, 0.4) is 0 Å². The fourth-order valence-corrected chi connectivity index (χ4v) is 1.11. The molecular weight excluding hydrogens is 228 g/mol. The van der Waals surface area contributed by atoms with Crippen LogP contribution in [0.15, 0.2) is 24.3 Å². The summed E-state index contributed by atoms with van der Waals surface area (Å²) in [6.45, 7) is 1.91. The number of hydrogen-bond acceptors (Lipinski definition) is 6. The standard InChI is InChI=1S/C10H12N2O5/c1-2-16-9(11)10(13)17-8-6-4-3-5-7(8)12(14)15/h3-6,9H,2,11H2,1H3. The van der Waals surface area contributed by atoms with Crippen molar-refractivity contribution in [2.24, 2.45) is 5.73 Å². The number of hydrogen-bond donors (Lipinski definition) is 1. The molecule has 0 spiro atoms. The molecule has 0 aliphatic rings. The molecule has 0 aromatic heterocycles. The van der Waals surface area contributed by atoms with Gasteiger partial charge in [-0.1, -0.05) is 12.1 Å². The summed E-state index contributed by atoms with van der Waals surface area (Å²) in [4.78, 5) is 21.4. The Morgan fingerprint density at radius 3 is 2.76 bits per heavy atom. The summed E-state index contributed by atoms with van der Waals surface area (Å²) in [7, 11) is 0. The first-order chi connectivity index (χ1) is 8.06. The Hall–Kier alpha value is -1.99. The van der Waals surface area contributed by atoms with Crippen molar-refractivity contribution >= 4 is 11.7 Å². The third-order valence-electron chi connectivity index (χ3n) is 1.85. The van der Waals surface area contributed by atoms with E-state index in [1.165, 1.54) is 24.3 Å². The van der Waals surface area contributed by atoms with Crippen LogP contribution in [0.2, 0.25) is 0 Å². The number of esters is 1. The van der Waals surface area contributed by atoms with Crippen molar-refractivity contribution in [3.05, 3.63) is 34.4 Å². The third kappa shape index (κ3) is 3.51. The molecule has 0 aliphatic heterocycles. The number of nitrogens with zero attached hydrogens (tertiary/aromatic N) is 1. The van der Waals surface area contributed by atoms with Crippen molar-refractivity contribution in [3.8, 4) is 5.75 Å². The van der Waals surface area contributed by atoms with E-state index in [9.17, 15) is 14.9 Å². The van der Waals surface area contributed by atoms with Gasteiger partial charge in [0, 0.05) is 12.7 Å². The Labute approximate surface area is 97.3 Å². The van der Waals surface area contributed by atoms with Gasteiger partial charge in [0.15, 0.2) is 0 Å². The molecule has 0 radical (unpaired) electrons. The van der Waals surface area contributed by atoms with Gasteiger partial charge in [-0.05, 0) is 13.0 Å². The second-order valence-corrected chi connectivity index (χ2v) is 3.02. The molecule has 1 atom stereocenters. The van der Waals surface area contributed by atoms with E-state index in [1.54, 1.807) is 6.92 Å². The lowest BCUT2D eigenvalue weighted by molar-refractivity contribution is -0.385. The molecule has 1 aromatic carbocycles. The van der Waals surface area contributed by atoms with Gasteiger partial charge in [0.2, 0.25) is 12.0 Å². The minimum absolute atomic E-state index is 0.155. The number of rotatable bonds is 5. The van der Waals surface area contributed by atoms with Crippen LogP contribution in [0.1, 0.15) is 6.92 Å². The van der Waals surface area contributed by atoms with Crippen molar-refractivity contribution in [2.75, 3.05) is 6.61 Å². The molecular formula is C10H12N2O5. The van der Waals surface area contributed by atoms with E-state index in [4.69, 9.17) is 15.2 Å². The molecule has 1 unspecified atom stereocenters. The van der Waals surface area contributed by atoms with Crippen LogP contribution in [0.25, 0.3) is 0 Å². The SMILES string of the molecule is CCOC(N)C(=O)Oc1ccccc1[N+](=O)[O-]. The minimum Gasteiger partial charge on any atom is -0.416 e. The Bertz CT molecular complexity index is 421. The highest BCUT2D eigenvalue weighted by Gasteiger charge is 2.21. The van der Waals surface area contributed by atoms with Crippen molar-refractivity contribution < 1.29 is 19.2 Å². The van der Waals surface area contributed by atoms with E-state index in [0.717, 1.165) is 0 Å². The second-order valence-electron chi connectivity index (χ2n) is 3.02. The quantitative estimate of drug-likeness (QED) is 0.268. The summed E-state index contributed by atoms with van der Waals surface area (Å²) < 4.78 is 9.60. The van der Waals surface area contributed by atoms with Crippen molar-refractivity contribution in [2.45, 2.75) is 13.2 Å². The van der Waals surface area contributed by atoms with E-state index in [-0.39, 0.29) is 18.0 Å². The number of benzene rings is 1. The van der Waals surface area contributed by atoms with Gasteiger partial charge in [0.25, 0.3) is 0 Å². The van der Waals surface area contributed by atoms with Gasteiger partial charge in [-0.15, -0.1) is 0 Å². The predicted octanol–water partition coefficient (Wildman–Crippen LogP) is 0.821. The lowest BCUT2D eigenvalue weighted by atomic mass is 10.3. The molecule has 0 saturated heterocycles. The monoisotopic (exact) mass is 240 g/mol. The zero-order chi connectivity index (χ0) is 12.8. The van der Waals surface area contributed by atoms with Crippen LogP contribution in [0, 0.1) is 10.1 Å². The highest BCUT2D eigenvalue weighted by molar-refractivity contribution is 5.77.